The van der Waals surface area contributed by atoms with Crippen LogP contribution in [0.2, 0.25) is 0 Å². The van der Waals surface area contributed by atoms with Crippen LogP contribution in [-0.2, 0) is 0 Å². The van der Waals surface area contributed by atoms with E-state index in [4.69, 9.17) is 0 Å². The number of rotatable bonds is 10. The molecule has 2 nitrogen and oxygen atoms in total. The molecule has 0 aliphatic heterocycles. The second-order valence-corrected chi connectivity index (χ2v) is 17.2. The number of aromatic nitrogens is 1. The highest BCUT2D eigenvalue weighted by Crippen LogP contribution is 2.39. The van der Waals surface area contributed by atoms with E-state index in [1.165, 1.54) is 83.1 Å². The molecule has 0 radical (unpaired) electrons. The third-order valence-electron chi connectivity index (χ3n) is 12.5. The Morgan fingerprint density at radius 1 is 0.315 bits per heavy atom. The first-order chi connectivity index (χ1) is 36.1. The van der Waals surface area contributed by atoms with Gasteiger partial charge in [0.1, 0.15) is 0 Å². The molecule has 1 aromatic heterocycles. The van der Waals surface area contributed by atoms with E-state index in [1.54, 1.807) is 6.08 Å². The van der Waals surface area contributed by atoms with Crippen molar-refractivity contribution in [2.75, 3.05) is 4.90 Å². The molecule has 0 fully saturated rings. The first kappa shape index (κ1) is 50.4. The van der Waals surface area contributed by atoms with Crippen molar-refractivity contribution in [2.45, 2.75) is 34.6 Å². The maximum atomic E-state index is 3.36. The molecule has 0 amide bonds. The largest absolute Gasteiger partial charge is 0.311 e. The molecule has 0 aliphatic carbocycles. The van der Waals surface area contributed by atoms with E-state index in [1.807, 2.05) is 58.9 Å². The van der Waals surface area contributed by atoms with Crippen molar-refractivity contribution in [3.63, 3.8) is 0 Å². The van der Waals surface area contributed by atoms with Gasteiger partial charge < -0.3 is 9.47 Å². The molecular weight excluding hydrogens is 881 g/mol. The zero-order valence-corrected chi connectivity index (χ0v) is 42.7. The van der Waals surface area contributed by atoms with E-state index in [2.05, 4.69) is 271 Å². The van der Waals surface area contributed by atoms with Crippen LogP contribution < -0.4 is 4.90 Å². The van der Waals surface area contributed by atoms with E-state index in [0.717, 1.165) is 17.1 Å². The van der Waals surface area contributed by atoms with Gasteiger partial charge in [0.25, 0.3) is 0 Å². The fourth-order valence-corrected chi connectivity index (χ4v) is 9.06. The van der Waals surface area contributed by atoms with E-state index in [-0.39, 0.29) is 0 Å². The number of fused-ring (bicyclic) bond motifs is 3. The summed E-state index contributed by atoms with van der Waals surface area (Å²) in [5.74, 6) is 0. The van der Waals surface area contributed by atoms with Gasteiger partial charge in [-0.2, -0.15) is 0 Å². The van der Waals surface area contributed by atoms with Gasteiger partial charge in [-0.3, -0.25) is 0 Å². The molecule has 358 valence electrons. The average molecular weight is 945 g/mol. The quantitative estimate of drug-likeness (QED) is 0.0980. The van der Waals surface area contributed by atoms with Crippen LogP contribution in [0.3, 0.4) is 0 Å². The molecule has 11 aromatic rings. The first-order valence-corrected chi connectivity index (χ1v) is 25.4. The van der Waals surface area contributed by atoms with Gasteiger partial charge in [-0.05, 0) is 143 Å². The van der Waals surface area contributed by atoms with Gasteiger partial charge in [0, 0.05) is 33.5 Å². The van der Waals surface area contributed by atoms with Crippen molar-refractivity contribution in [2.24, 2.45) is 0 Å². The molecular formula is C71H64N2. The Hall–Kier alpha value is -8.98. The van der Waals surface area contributed by atoms with E-state index < -0.39 is 0 Å². The fraction of sp³-hybridized carbons (Fsp3) is 0.0704. The van der Waals surface area contributed by atoms with Crippen molar-refractivity contribution in [3.8, 4) is 61.3 Å². The normalized spacial score (nSPS) is 10.8. The predicted octanol–water partition coefficient (Wildman–Crippen LogP) is 20.9. The van der Waals surface area contributed by atoms with Crippen molar-refractivity contribution < 1.29 is 0 Å². The lowest BCUT2D eigenvalue weighted by Gasteiger charge is -2.26. The zero-order chi connectivity index (χ0) is 50.8. The van der Waals surface area contributed by atoms with Gasteiger partial charge in [-0.15, -0.1) is 6.58 Å². The van der Waals surface area contributed by atoms with Gasteiger partial charge in [-0.25, -0.2) is 0 Å². The smallest absolute Gasteiger partial charge is 0.0541 e. The van der Waals surface area contributed by atoms with Gasteiger partial charge >= 0.3 is 0 Å². The van der Waals surface area contributed by atoms with Crippen LogP contribution in [0.5, 0.6) is 0 Å². The van der Waals surface area contributed by atoms with Crippen molar-refractivity contribution >= 4 is 38.9 Å². The Morgan fingerprint density at radius 3 is 0.986 bits per heavy atom. The minimum absolute atomic E-state index is 1.10. The van der Waals surface area contributed by atoms with Gasteiger partial charge in [-0.1, -0.05) is 232 Å². The summed E-state index contributed by atoms with van der Waals surface area (Å²) in [6.45, 7) is 13.2. The molecule has 1 heterocycles. The fourth-order valence-electron chi connectivity index (χ4n) is 9.06. The Bertz CT molecular complexity index is 3400. The second-order valence-electron chi connectivity index (χ2n) is 17.2. The molecule has 0 bridgehead atoms. The lowest BCUT2D eigenvalue weighted by molar-refractivity contribution is 1.18. The lowest BCUT2D eigenvalue weighted by Crippen LogP contribution is -2.09. The summed E-state index contributed by atoms with van der Waals surface area (Å²) in [7, 11) is 0. The van der Waals surface area contributed by atoms with Crippen LogP contribution in [0.25, 0.3) is 83.1 Å². The zero-order valence-electron chi connectivity index (χ0n) is 42.7. The van der Waals surface area contributed by atoms with Crippen LogP contribution in [-0.4, -0.2) is 4.57 Å². The van der Waals surface area contributed by atoms with Crippen LogP contribution >= 0.6 is 0 Å². The molecule has 0 N–H and O–H groups in total. The van der Waals surface area contributed by atoms with Crippen molar-refractivity contribution in [1.29, 1.82) is 0 Å². The summed E-state index contributed by atoms with van der Waals surface area (Å²) >= 11 is 0. The van der Waals surface area contributed by atoms with E-state index >= 15 is 0 Å². The summed E-state index contributed by atoms with van der Waals surface area (Å²) in [6, 6.07) is 91.8. The third-order valence-corrected chi connectivity index (χ3v) is 12.5. The second kappa shape index (κ2) is 25.2. The Morgan fingerprint density at radius 2 is 0.603 bits per heavy atom. The molecule has 0 aliphatic rings. The average Bonchev–Trinajstić information content (AvgIpc) is 3.81. The van der Waals surface area contributed by atoms with Crippen LogP contribution in [0.15, 0.2) is 292 Å². The monoisotopic (exact) mass is 945 g/mol. The number of allylic oxidation sites excluding steroid dienone is 5. The highest BCUT2D eigenvalue weighted by atomic mass is 15.1. The number of para-hydroxylation sites is 2. The summed E-state index contributed by atoms with van der Waals surface area (Å²) in [5, 5.41) is 2.52. The molecule has 0 saturated heterocycles. The molecule has 11 rings (SSSR count). The standard InChI is InChI=1S/C60H42N2.C6H10.C3H6.C2H6/c1-4-12-43(13-5-1)48-28-35-54(36-29-48)61(55-37-30-49(31-38-55)44-14-6-2-7-15-44)56-39-32-50(33-40-56)47-22-20-45(21-23-47)46-24-26-51(27-25-46)52-34-41-60-58(42-52)57-18-10-11-19-59(57)62(60)53-16-8-3-9-17-53;1-3-5-6-4-2;1-3-2;1-2/h1-42H;3-6H,1-2H3;3H,1H2,2H3;1-2H3/b;5-3-,6-4-;;. The summed E-state index contributed by atoms with van der Waals surface area (Å²) < 4.78 is 2.36. The van der Waals surface area contributed by atoms with E-state index in [9.17, 15) is 0 Å². The Kier molecular flexibility index (Phi) is 17.4. The third kappa shape index (κ3) is 12.0. The Labute approximate surface area is 433 Å². The SMILES string of the molecule is C/C=C\C=C/C.C=CC.CC.c1ccc(-c2ccc(N(c3ccc(-c4ccccc4)cc3)c3ccc(-c4ccc(-c5ccc(-c6ccc7c(c6)c6ccccc6n7-c6ccccc6)cc5)cc4)cc3)cc2)cc1. The topological polar surface area (TPSA) is 8.17 Å². The van der Waals surface area contributed by atoms with Gasteiger partial charge in [0.2, 0.25) is 0 Å². The molecule has 2 heteroatoms. The van der Waals surface area contributed by atoms with Crippen molar-refractivity contribution in [1.82, 2.24) is 4.57 Å². The highest BCUT2D eigenvalue weighted by Gasteiger charge is 2.15. The number of hydrogen-bond acceptors (Lipinski definition) is 1. The molecule has 0 spiro atoms. The van der Waals surface area contributed by atoms with Gasteiger partial charge in [0.05, 0.1) is 11.0 Å². The number of anilines is 3. The lowest BCUT2D eigenvalue weighted by atomic mass is 9.97. The van der Waals surface area contributed by atoms with Crippen LogP contribution in [0.4, 0.5) is 17.1 Å². The molecule has 0 saturated carbocycles. The molecule has 10 aromatic carbocycles. The predicted molar refractivity (Wildman–Crippen MR) is 319 cm³/mol. The minimum atomic E-state index is 1.10. The maximum absolute atomic E-state index is 3.36. The number of hydrogen-bond donors (Lipinski definition) is 0. The summed E-state index contributed by atoms with van der Waals surface area (Å²) in [6.07, 6.45) is 9.75. The van der Waals surface area contributed by atoms with Crippen LogP contribution in [0, 0.1) is 0 Å². The number of benzene rings is 10. The molecule has 73 heavy (non-hydrogen) atoms. The summed E-state index contributed by atoms with van der Waals surface area (Å²) in [5.41, 5.74) is 18.9. The molecule has 0 atom stereocenters. The van der Waals surface area contributed by atoms with E-state index in [0.29, 0.717) is 0 Å². The highest BCUT2D eigenvalue weighted by molar-refractivity contribution is 6.10. The van der Waals surface area contributed by atoms with Crippen molar-refractivity contribution in [3.05, 3.63) is 292 Å². The summed E-state index contributed by atoms with van der Waals surface area (Å²) in [4.78, 5) is 2.33. The Balaban J connectivity index is 0.000000592. The minimum Gasteiger partial charge on any atom is -0.311 e. The number of nitrogens with zero attached hydrogens (tertiary/aromatic N) is 2. The van der Waals surface area contributed by atoms with Gasteiger partial charge in [0.15, 0.2) is 0 Å². The molecule has 0 unspecified atom stereocenters. The van der Waals surface area contributed by atoms with Crippen LogP contribution in [0.1, 0.15) is 34.6 Å². The first-order valence-electron chi connectivity index (χ1n) is 25.4. The maximum Gasteiger partial charge on any atom is 0.0541 e.